The van der Waals surface area contributed by atoms with Crippen molar-refractivity contribution in [2.45, 2.75) is 19.8 Å². The number of rotatable bonds is 4. The lowest BCUT2D eigenvalue weighted by atomic mass is 10.0. The summed E-state index contributed by atoms with van der Waals surface area (Å²) in [6.07, 6.45) is 0.451. The second kappa shape index (κ2) is 6.96. The van der Waals surface area contributed by atoms with Gasteiger partial charge in [-0.3, -0.25) is 0 Å². The van der Waals surface area contributed by atoms with Crippen molar-refractivity contribution in [1.29, 1.82) is 0 Å². The summed E-state index contributed by atoms with van der Waals surface area (Å²) in [7, 11) is 0. The molecule has 0 saturated carbocycles. The quantitative estimate of drug-likeness (QED) is 0.376. The number of hydrogen-bond donors (Lipinski definition) is 0. The molecule has 0 aliphatic carbocycles. The van der Waals surface area contributed by atoms with Crippen molar-refractivity contribution in [3.05, 3.63) is 81.5 Å². The minimum Gasteiger partial charge on any atom is -0.207 e. The Morgan fingerprint density at radius 1 is 0.800 bits per heavy atom. The molecule has 25 heavy (non-hydrogen) atoms. The van der Waals surface area contributed by atoms with Gasteiger partial charge in [-0.15, -0.1) is 11.3 Å². The van der Waals surface area contributed by atoms with Gasteiger partial charge in [0.25, 0.3) is 0 Å². The molecule has 0 radical (unpaired) electrons. The lowest BCUT2D eigenvalue weighted by Crippen LogP contribution is -2.01. The van der Waals surface area contributed by atoms with Crippen LogP contribution in [0, 0.1) is 29.1 Å². The van der Waals surface area contributed by atoms with Crippen molar-refractivity contribution < 1.29 is 22.0 Å². The number of thiophene rings is 1. The van der Waals surface area contributed by atoms with E-state index in [0.717, 1.165) is 28.3 Å². The maximum atomic E-state index is 14.4. The average Bonchev–Trinajstić information content (AvgIpc) is 3.05. The molecule has 3 aromatic rings. The minimum atomic E-state index is -1.61. The summed E-state index contributed by atoms with van der Waals surface area (Å²) in [6, 6.07) is 7.55. The van der Waals surface area contributed by atoms with E-state index in [-0.39, 0.29) is 17.5 Å². The highest BCUT2D eigenvalue weighted by Crippen LogP contribution is 2.31. The van der Waals surface area contributed by atoms with Gasteiger partial charge < -0.3 is 0 Å². The molecular weight excluding hydrogens is 355 g/mol. The molecule has 0 amide bonds. The third-order valence-corrected chi connectivity index (χ3v) is 5.14. The topological polar surface area (TPSA) is 0 Å². The van der Waals surface area contributed by atoms with Crippen molar-refractivity contribution in [3.8, 4) is 10.4 Å². The van der Waals surface area contributed by atoms with E-state index in [0.29, 0.717) is 5.56 Å². The molecule has 1 aromatic heterocycles. The molecule has 0 nitrogen and oxygen atoms in total. The molecule has 2 aromatic carbocycles. The molecule has 0 aliphatic heterocycles. The summed E-state index contributed by atoms with van der Waals surface area (Å²) >= 11 is 1.44. The molecule has 130 valence electrons. The van der Waals surface area contributed by atoms with Crippen molar-refractivity contribution in [1.82, 2.24) is 0 Å². The Morgan fingerprint density at radius 2 is 1.40 bits per heavy atom. The van der Waals surface area contributed by atoms with E-state index < -0.39 is 29.1 Å². The fourth-order valence-electron chi connectivity index (χ4n) is 2.55. The van der Waals surface area contributed by atoms with Gasteiger partial charge in [0.15, 0.2) is 17.5 Å². The van der Waals surface area contributed by atoms with Gasteiger partial charge in [-0.25, -0.2) is 22.0 Å². The van der Waals surface area contributed by atoms with Gasteiger partial charge in [0.2, 0.25) is 0 Å². The summed E-state index contributed by atoms with van der Waals surface area (Å²) in [5.74, 6) is -6.01. The lowest BCUT2D eigenvalue weighted by molar-refractivity contribution is 0.445. The Hall–Kier alpha value is -2.21. The summed E-state index contributed by atoms with van der Waals surface area (Å²) in [5, 5.41) is 0. The van der Waals surface area contributed by atoms with E-state index in [1.807, 2.05) is 13.0 Å². The molecule has 6 heteroatoms. The molecule has 3 rings (SSSR count). The van der Waals surface area contributed by atoms with Crippen molar-refractivity contribution >= 4 is 11.3 Å². The number of halogens is 5. The van der Waals surface area contributed by atoms with Crippen LogP contribution in [-0.4, -0.2) is 0 Å². The lowest BCUT2D eigenvalue weighted by Gasteiger charge is -2.09. The second-order valence-electron chi connectivity index (χ2n) is 5.59. The molecule has 0 unspecified atom stereocenters. The Bertz CT molecular complexity index is 883. The molecule has 0 aliphatic rings. The smallest absolute Gasteiger partial charge is 0.194 e. The van der Waals surface area contributed by atoms with Crippen LogP contribution in [0.3, 0.4) is 0 Å². The molecule has 0 fully saturated rings. The number of hydrogen-bond acceptors (Lipinski definition) is 1. The third kappa shape index (κ3) is 3.58. The van der Waals surface area contributed by atoms with Crippen LogP contribution in [0.1, 0.15) is 22.9 Å². The van der Waals surface area contributed by atoms with E-state index >= 15 is 0 Å². The van der Waals surface area contributed by atoms with Crippen LogP contribution in [0.4, 0.5) is 22.0 Å². The molecule has 0 N–H and O–H groups in total. The monoisotopic (exact) mass is 368 g/mol. The Morgan fingerprint density at radius 3 is 1.92 bits per heavy atom. The van der Waals surface area contributed by atoms with Gasteiger partial charge in [0, 0.05) is 21.7 Å². The summed E-state index contributed by atoms with van der Waals surface area (Å²) in [6.45, 7) is 1.99. The highest BCUT2D eigenvalue weighted by Gasteiger charge is 2.16. The molecule has 0 saturated heterocycles. The van der Waals surface area contributed by atoms with Gasteiger partial charge in [0.1, 0.15) is 11.6 Å². The minimum absolute atomic E-state index is 0.0497. The standard InChI is InChI=1S/C19H13F5S/c1-2-12-3-4-18(25-12)11-8-14(20)13(15(21)9-11)5-10-6-16(22)19(24)17(23)7-10/h3-4,6-9H,2,5H2,1H3. The largest absolute Gasteiger partial charge is 0.207 e. The van der Waals surface area contributed by atoms with E-state index in [2.05, 4.69) is 0 Å². The van der Waals surface area contributed by atoms with Crippen LogP contribution < -0.4 is 0 Å². The molecular formula is C19H13F5S. The predicted molar refractivity (Wildman–Crippen MR) is 88.2 cm³/mol. The molecule has 1 heterocycles. The fourth-order valence-corrected chi connectivity index (χ4v) is 3.49. The molecule has 0 atom stereocenters. The third-order valence-electron chi connectivity index (χ3n) is 3.86. The van der Waals surface area contributed by atoms with Crippen molar-refractivity contribution in [3.63, 3.8) is 0 Å². The zero-order valence-corrected chi connectivity index (χ0v) is 14.0. The maximum Gasteiger partial charge on any atom is 0.194 e. The first kappa shape index (κ1) is 17.6. The number of benzene rings is 2. The first-order chi connectivity index (χ1) is 11.9. The van der Waals surface area contributed by atoms with Crippen molar-refractivity contribution in [2.24, 2.45) is 0 Å². The second-order valence-corrected chi connectivity index (χ2v) is 6.76. The Labute approximate surface area is 145 Å². The zero-order chi connectivity index (χ0) is 18.1. The van der Waals surface area contributed by atoms with Gasteiger partial charge in [-0.1, -0.05) is 6.92 Å². The molecule has 0 spiro atoms. The summed E-state index contributed by atoms with van der Waals surface area (Å²) in [5.41, 5.74) is 0.0349. The van der Waals surface area contributed by atoms with Crippen LogP contribution in [-0.2, 0) is 12.8 Å². The zero-order valence-electron chi connectivity index (χ0n) is 13.2. The predicted octanol–water partition coefficient (Wildman–Crippen LogP) is 6.26. The normalized spacial score (nSPS) is 11.1. The SMILES string of the molecule is CCc1ccc(-c2cc(F)c(Cc3cc(F)c(F)c(F)c3)c(F)c2)s1. The number of aryl methyl sites for hydroxylation is 1. The first-order valence-electron chi connectivity index (χ1n) is 7.59. The average molecular weight is 368 g/mol. The summed E-state index contributed by atoms with van der Waals surface area (Å²) in [4.78, 5) is 1.83. The highest BCUT2D eigenvalue weighted by molar-refractivity contribution is 7.15. The van der Waals surface area contributed by atoms with Crippen LogP contribution in [0.5, 0.6) is 0 Å². The van der Waals surface area contributed by atoms with Crippen LogP contribution >= 0.6 is 11.3 Å². The highest BCUT2D eigenvalue weighted by atomic mass is 32.1. The Kier molecular flexibility index (Phi) is 4.90. The molecule has 0 bridgehead atoms. The van der Waals surface area contributed by atoms with Gasteiger partial charge in [0.05, 0.1) is 0 Å². The Balaban J connectivity index is 1.95. The van der Waals surface area contributed by atoms with Crippen LogP contribution in [0.2, 0.25) is 0 Å². The van der Waals surface area contributed by atoms with E-state index in [1.165, 1.54) is 23.5 Å². The van der Waals surface area contributed by atoms with Gasteiger partial charge >= 0.3 is 0 Å². The van der Waals surface area contributed by atoms with E-state index in [4.69, 9.17) is 0 Å². The van der Waals surface area contributed by atoms with E-state index in [9.17, 15) is 22.0 Å². The van der Waals surface area contributed by atoms with Gasteiger partial charge in [-0.05, 0) is 53.9 Å². The summed E-state index contributed by atoms with van der Waals surface area (Å²) < 4.78 is 68.2. The van der Waals surface area contributed by atoms with Crippen LogP contribution in [0.15, 0.2) is 36.4 Å². The fraction of sp³-hybridized carbons (Fsp3) is 0.158. The first-order valence-corrected chi connectivity index (χ1v) is 8.41. The van der Waals surface area contributed by atoms with Gasteiger partial charge in [-0.2, -0.15) is 0 Å². The van der Waals surface area contributed by atoms with Crippen LogP contribution in [0.25, 0.3) is 10.4 Å². The van der Waals surface area contributed by atoms with Crippen molar-refractivity contribution in [2.75, 3.05) is 0 Å². The van der Waals surface area contributed by atoms with E-state index in [1.54, 1.807) is 6.07 Å². The maximum absolute atomic E-state index is 14.4.